The van der Waals surface area contributed by atoms with E-state index >= 15 is 0 Å². The Morgan fingerprint density at radius 2 is 1.45 bits per heavy atom. The number of hydrogen-bond donors (Lipinski definition) is 0. The number of likely N-dealkylation sites (N-methyl/N-ethyl adjacent to an activating group) is 1. The largest absolute Gasteiger partial charge is 0.304 e. The second-order valence-electron chi connectivity index (χ2n) is 6.03. The molecule has 2 nitrogen and oxygen atoms in total. The van der Waals surface area contributed by atoms with E-state index < -0.39 is 0 Å². The maximum atomic E-state index is 2.62. The molecule has 3 rings (SSSR count). The summed E-state index contributed by atoms with van der Waals surface area (Å²) in [6.07, 6.45) is 0. The summed E-state index contributed by atoms with van der Waals surface area (Å²) in [4.78, 5) is 5.03. The molecule has 0 aromatic heterocycles. The van der Waals surface area contributed by atoms with Crippen LogP contribution in [0.3, 0.4) is 0 Å². The summed E-state index contributed by atoms with van der Waals surface area (Å²) in [6, 6.07) is 20.5. The van der Waals surface area contributed by atoms with E-state index in [1.165, 1.54) is 16.7 Å². The first-order valence-corrected chi connectivity index (χ1v) is 9.43. The molecule has 2 aromatic rings. The minimum atomic E-state index is 0.373. The zero-order valence-electron chi connectivity index (χ0n) is 13.1. The third kappa shape index (κ3) is 3.70. The van der Waals surface area contributed by atoms with Crippen LogP contribution in [0.5, 0.6) is 0 Å². The van der Waals surface area contributed by atoms with Gasteiger partial charge in [-0.15, -0.1) is 0 Å². The molecule has 2 aromatic carbocycles. The third-order valence-corrected chi connectivity index (χ3v) is 5.35. The zero-order valence-corrected chi connectivity index (χ0v) is 15.2. The lowest BCUT2D eigenvalue weighted by Crippen LogP contribution is -2.46. The first-order chi connectivity index (χ1) is 10.8. The van der Waals surface area contributed by atoms with Crippen LogP contribution in [-0.4, -0.2) is 43.0 Å². The molecule has 0 N–H and O–H groups in total. The first kappa shape index (κ1) is 16.0. The van der Waals surface area contributed by atoms with Gasteiger partial charge >= 0.3 is 0 Å². The molecule has 116 valence electrons. The number of halogens is 1. The molecule has 0 bridgehead atoms. The average molecular weight is 406 g/mol. The number of nitrogens with zero attached hydrogens (tertiary/aromatic N) is 2. The van der Waals surface area contributed by atoms with Crippen LogP contribution in [0.25, 0.3) is 0 Å². The number of rotatable bonds is 4. The molecule has 1 unspecified atom stereocenters. The highest BCUT2D eigenvalue weighted by Gasteiger charge is 2.25. The van der Waals surface area contributed by atoms with E-state index in [0.717, 1.165) is 30.6 Å². The normalized spacial score (nSPS) is 18.3. The summed E-state index contributed by atoms with van der Waals surface area (Å²) < 4.78 is 1.07. The minimum absolute atomic E-state index is 0.373. The van der Waals surface area contributed by atoms with Gasteiger partial charge in [0.2, 0.25) is 0 Å². The van der Waals surface area contributed by atoms with Crippen molar-refractivity contribution < 1.29 is 0 Å². The molecule has 1 aliphatic rings. The first-order valence-electron chi connectivity index (χ1n) is 7.90. The van der Waals surface area contributed by atoms with Crippen LogP contribution < -0.4 is 0 Å². The van der Waals surface area contributed by atoms with Gasteiger partial charge in [-0.25, -0.2) is 0 Å². The highest BCUT2D eigenvalue weighted by molar-refractivity contribution is 14.1. The lowest BCUT2D eigenvalue weighted by atomic mass is 9.95. The van der Waals surface area contributed by atoms with Gasteiger partial charge in [-0.1, -0.05) is 77.2 Å². The molecular formula is C19H23IN2. The lowest BCUT2D eigenvalue weighted by molar-refractivity contribution is 0.127. The van der Waals surface area contributed by atoms with Crippen molar-refractivity contribution in [3.05, 3.63) is 71.3 Å². The Hall–Kier alpha value is -0.910. The summed E-state index contributed by atoms with van der Waals surface area (Å²) in [5, 5.41) is 0. The van der Waals surface area contributed by atoms with Gasteiger partial charge in [0.1, 0.15) is 0 Å². The standard InChI is InChI=1S/C19H23IN2/c1-21-11-13-22(14-12-21)19(17-5-3-2-4-6-17)18-9-7-16(15-20)8-10-18/h2-10,19H,11-15H2,1H3. The van der Waals surface area contributed by atoms with Gasteiger partial charge in [0, 0.05) is 30.6 Å². The van der Waals surface area contributed by atoms with Gasteiger partial charge in [-0.2, -0.15) is 0 Å². The summed E-state index contributed by atoms with van der Waals surface area (Å²) in [5.74, 6) is 0. The third-order valence-electron chi connectivity index (χ3n) is 4.47. The molecule has 0 saturated carbocycles. The van der Waals surface area contributed by atoms with Crippen LogP contribution in [0.15, 0.2) is 54.6 Å². The Morgan fingerprint density at radius 1 is 0.864 bits per heavy atom. The molecule has 0 amide bonds. The van der Waals surface area contributed by atoms with Crippen molar-refractivity contribution in [2.24, 2.45) is 0 Å². The van der Waals surface area contributed by atoms with E-state index in [2.05, 4.69) is 94.0 Å². The molecule has 1 saturated heterocycles. The van der Waals surface area contributed by atoms with E-state index in [4.69, 9.17) is 0 Å². The monoisotopic (exact) mass is 406 g/mol. The second-order valence-corrected chi connectivity index (χ2v) is 6.79. The fourth-order valence-corrected chi connectivity index (χ4v) is 3.63. The minimum Gasteiger partial charge on any atom is -0.304 e. The zero-order chi connectivity index (χ0) is 15.4. The molecule has 0 radical (unpaired) electrons. The maximum Gasteiger partial charge on any atom is 0.0602 e. The Morgan fingerprint density at radius 3 is 2.05 bits per heavy atom. The quantitative estimate of drug-likeness (QED) is 0.560. The van der Waals surface area contributed by atoms with Crippen molar-refractivity contribution >= 4 is 22.6 Å². The van der Waals surface area contributed by atoms with Gasteiger partial charge in [-0.3, -0.25) is 4.90 Å². The van der Waals surface area contributed by atoms with Gasteiger partial charge in [0.25, 0.3) is 0 Å². The van der Waals surface area contributed by atoms with E-state index in [1.807, 2.05) is 0 Å². The highest BCUT2D eigenvalue weighted by atomic mass is 127. The number of alkyl halides is 1. The van der Waals surface area contributed by atoms with Gasteiger partial charge in [-0.05, 0) is 23.7 Å². The molecule has 3 heteroatoms. The molecular weight excluding hydrogens is 383 g/mol. The fraction of sp³-hybridized carbons (Fsp3) is 0.368. The predicted octanol–water partition coefficient (Wildman–Crippen LogP) is 3.96. The Labute approximate surface area is 147 Å². The average Bonchev–Trinajstić information content (AvgIpc) is 2.58. The molecule has 0 aliphatic carbocycles. The number of hydrogen-bond acceptors (Lipinski definition) is 2. The van der Waals surface area contributed by atoms with Crippen LogP contribution in [0, 0.1) is 0 Å². The summed E-state index contributed by atoms with van der Waals surface area (Å²) in [6.45, 7) is 4.55. The Balaban J connectivity index is 1.91. The summed E-state index contributed by atoms with van der Waals surface area (Å²) >= 11 is 2.42. The molecule has 1 atom stereocenters. The summed E-state index contributed by atoms with van der Waals surface area (Å²) in [7, 11) is 2.21. The van der Waals surface area contributed by atoms with Crippen molar-refractivity contribution in [1.29, 1.82) is 0 Å². The van der Waals surface area contributed by atoms with E-state index in [9.17, 15) is 0 Å². The van der Waals surface area contributed by atoms with Crippen molar-refractivity contribution in [2.75, 3.05) is 33.2 Å². The molecule has 22 heavy (non-hydrogen) atoms. The van der Waals surface area contributed by atoms with Crippen molar-refractivity contribution in [3.8, 4) is 0 Å². The van der Waals surface area contributed by atoms with Crippen LogP contribution >= 0.6 is 22.6 Å². The van der Waals surface area contributed by atoms with Crippen molar-refractivity contribution in [2.45, 2.75) is 10.5 Å². The van der Waals surface area contributed by atoms with Crippen LogP contribution in [0.1, 0.15) is 22.7 Å². The van der Waals surface area contributed by atoms with Gasteiger partial charge < -0.3 is 4.90 Å². The highest BCUT2D eigenvalue weighted by Crippen LogP contribution is 2.29. The van der Waals surface area contributed by atoms with E-state index in [0.29, 0.717) is 6.04 Å². The van der Waals surface area contributed by atoms with Crippen molar-refractivity contribution in [3.63, 3.8) is 0 Å². The van der Waals surface area contributed by atoms with Crippen LogP contribution in [0.2, 0.25) is 0 Å². The smallest absolute Gasteiger partial charge is 0.0602 e. The molecule has 1 aliphatic heterocycles. The van der Waals surface area contributed by atoms with Crippen LogP contribution in [-0.2, 0) is 4.43 Å². The summed E-state index contributed by atoms with van der Waals surface area (Å²) in [5.41, 5.74) is 4.20. The molecule has 1 heterocycles. The van der Waals surface area contributed by atoms with Crippen LogP contribution in [0.4, 0.5) is 0 Å². The maximum absolute atomic E-state index is 2.62. The van der Waals surface area contributed by atoms with E-state index in [1.54, 1.807) is 0 Å². The van der Waals surface area contributed by atoms with Gasteiger partial charge in [0.15, 0.2) is 0 Å². The van der Waals surface area contributed by atoms with Gasteiger partial charge in [0.05, 0.1) is 6.04 Å². The molecule has 0 spiro atoms. The Kier molecular flexibility index (Phi) is 5.50. The predicted molar refractivity (Wildman–Crippen MR) is 102 cm³/mol. The van der Waals surface area contributed by atoms with E-state index in [-0.39, 0.29) is 0 Å². The second kappa shape index (κ2) is 7.57. The fourth-order valence-electron chi connectivity index (χ4n) is 3.12. The van der Waals surface area contributed by atoms with Crippen molar-refractivity contribution in [1.82, 2.24) is 9.80 Å². The number of benzene rings is 2. The molecule has 1 fully saturated rings. The lowest BCUT2D eigenvalue weighted by Gasteiger charge is -2.38. The topological polar surface area (TPSA) is 6.48 Å². The Bertz CT molecular complexity index is 574. The number of piperazine rings is 1. The SMILES string of the molecule is CN1CCN(C(c2ccccc2)c2ccc(CI)cc2)CC1.